The minimum Gasteiger partial charge on any atom is -0.349 e. The lowest BCUT2D eigenvalue weighted by Gasteiger charge is -2.22. The Morgan fingerprint density at radius 1 is 1.29 bits per heavy atom. The van der Waals surface area contributed by atoms with E-state index in [-0.39, 0.29) is 11.9 Å². The molecule has 1 N–H and O–H groups in total. The highest BCUT2D eigenvalue weighted by atomic mass is 32.2. The Hall–Kier alpha value is -1.89. The molecule has 1 aromatic carbocycles. The third-order valence-corrected chi connectivity index (χ3v) is 5.33. The maximum atomic E-state index is 12.2. The second-order valence-corrected chi connectivity index (χ2v) is 7.13. The lowest BCUT2D eigenvalue weighted by Crippen LogP contribution is -2.28. The van der Waals surface area contributed by atoms with Crippen molar-refractivity contribution >= 4 is 17.7 Å². The van der Waals surface area contributed by atoms with Gasteiger partial charge >= 0.3 is 0 Å². The molecule has 0 unspecified atom stereocenters. The first kappa shape index (κ1) is 17.0. The van der Waals surface area contributed by atoms with Crippen molar-refractivity contribution < 1.29 is 4.79 Å². The van der Waals surface area contributed by atoms with Crippen molar-refractivity contribution in [3.8, 4) is 0 Å². The molecule has 1 aliphatic rings. The Balaban J connectivity index is 1.52. The Morgan fingerprint density at radius 3 is 2.79 bits per heavy atom. The smallest absolute Gasteiger partial charge is 0.230 e. The number of carbonyl (C=O) groups excluding carboxylic acids is 1. The van der Waals surface area contributed by atoms with E-state index in [1.165, 1.54) is 31.0 Å². The average molecular weight is 345 g/mol. The lowest BCUT2D eigenvalue weighted by molar-refractivity contribution is -0.119. The Labute approximate surface area is 146 Å². The van der Waals surface area contributed by atoms with E-state index in [2.05, 4.69) is 20.8 Å². The van der Waals surface area contributed by atoms with E-state index < -0.39 is 0 Å². The molecule has 1 heterocycles. The first-order valence-corrected chi connectivity index (χ1v) is 9.47. The molecule has 0 bridgehead atoms. The first-order valence-electron chi connectivity index (χ1n) is 8.49. The van der Waals surface area contributed by atoms with Gasteiger partial charge in [-0.05, 0) is 35.8 Å². The van der Waals surface area contributed by atoms with E-state index in [0.717, 1.165) is 23.6 Å². The zero-order chi connectivity index (χ0) is 16.8. The molecule has 0 saturated heterocycles. The van der Waals surface area contributed by atoms with Gasteiger partial charge in [0, 0.05) is 0 Å². The molecule has 3 rings (SSSR count). The summed E-state index contributed by atoms with van der Waals surface area (Å²) in [7, 11) is 0. The second-order valence-electron chi connectivity index (χ2n) is 6.19. The van der Waals surface area contributed by atoms with Gasteiger partial charge in [-0.15, -0.1) is 5.10 Å². The SMILES string of the molecule is C[C@@H](NC(=O)CSc1nnnn1C1CCCCC1)c1ccccc1. The van der Waals surface area contributed by atoms with Gasteiger partial charge in [-0.2, -0.15) is 0 Å². The van der Waals surface area contributed by atoms with Crippen LogP contribution < -0.4 is 5.32 Å². The van der Waals surface area contributed by atoms with Gasteiger partial charge < -0.3 is 5.32 Å². The molecule has 0 spiro atoms. The van der Waals surface area contributed by atoms with Crippen molar-refractivity contribution in [3.63, 3.8) is 0 Å². The lowest BCUT2D eigenvalue weighted by atomic mass is 9.96. The number of nitrogens with one attached hydrogen (secondary N) is 1. The molecule has 24 heavy (non-hydrogen) atoms. The van der Waals surface area contributed by atoms with Crippen LogP contribution in [-0.2, 0) is 4.79 Å². The number of rotatable bonds is 6. The molecule has 128 valence electrons. The van der Waals surface area contributed by atoms with Crippen LogP contribution in [0.3, 0.4) is 0 Å². The predicted molar refractivity (Wildman–Crippen MR) is 93.7 cm³/mol. The highest BCUT2D eigenvalue weighted by molar-refractivity contribution is 7.99. The minimum absolute atomic E-state index is 0.00505. The van der Waals surface area contributed by atoms with Gasteiger partial charge in [0.05, 0.1) is 17.8 Å². The van der Waals surface area contributed by atoms with E-state index in [1.54, 1.807) is 0 Å². The summed E-state index contributed by atoms with van der Waals surface area (Å²) in [4.78, 5) is 12.2. The van der Waals surface area contributed by atoms with E-state index in [1.807, 2.05) is 41.9 Å². The zero-order valence-corrected chi connectivity index (χ0v) is 14.7. The Bertz CT molecular complexity index is 654. The van der Waals surface area contributed by atoms with Crippen LogP contribution in [0.2, 0.25) is 0 Å². The number of thioether (sulfide) groups is 1. The summed E-state index contributed by atoms with van der Waals surface area (Å²) in [6.07, 6.45) is 5.99. The van der Waals surface area contributed by atoms with Crippen molar-refractivity contribution in [3.05, 3.63) is 35.9 Å². The van der Waals surface area contributed by atoms with E-state index in [9.17, 15) is 4.79 Å². The summed E-state index contributed by atoms with van der Waals surface area (Å²) >= 11 is 1.41. The van der Waals surface area contributed by atoms with Crippen LogP contribution in [0, 0.1) is 0 Å². The fourth-order valence-electron chi connectivity index (χ4n) is 3.07. The van der Waals surface area contributed by atoms with Gasteiger partial charge in [-0.25, -0.2) is 4.68 Å². The molecule has 1 atom stereocenters. The summed E-state index contributed by atoms with van der Waals surface area (Å²) in [5.41, 5.74) is 1.10. The normalized spacial score (nSPS) is 16.7. The average Bonchev–Trinajstić information content (AvgIpc) is 3.10. The van der Waals surface area contributed by atoms with Crippen molar-refractivity contribution in [1.29, 1.82) is 0 Å². The van der Waals surface area contributed by atoms with Gasteiger partial charge in [0.2, 0.25) is 11.1 Å². The van der Waals surface area contributed by atoms with Crippen LogP contribution >= 0.6 is 11.8 Å². The van der Waals surface area contributed by atoms with Crippen molar-refractivity contribution in [2.45, 2.75) is 56.3 Å². The topological polar surface area (TPSA) is 72.7 Å². The van der Waals surface area contributed by atoms with Gasteiger partial charge in [0.25, 0.3) is 0 Å². The largest absolute Gasteiger partial charge is 0.349 e. The summed E-state index contributed by atoms with van der Waals surface area (Å²) in [5, 5.41) is 15.8. The van der Waals surface area contributed by atoms with Gasteiger partial charge in [0.1, 0.15) is 0 Å². The number of hydrogen-bond donors (Lipinski definition) is 1. The Kier molecular flexibility index (Phi) is 5.85. The van der Waals surface area contributed by atoms with Crippen LogP contribution in [0.1, 0.15) is 56.7 Å². The van der Waals surface area contributed by atoms with Crippen LogP contribution in [0.15, 0.2) is 35.5 Å². The minimum atomic E-state index is -0.00589. The summed E-state index contributed by atoms with van der Waals surface area (Å²) in [6.45, 7) is 1.99. The Morgan fingerprint density at radius 2 is 2.04 bits per heavy atom. The van der Waals surface area contributed by atoms with E-state index in [0.29, 0.717) is 11.8 Å². The van der Waals surface area contributed by atoms with E-state index in [4.69, 9.17) is 0 Å². The van der Waals surface area contributed by atoms with Crippen LogP contribution in [0.4, 0.5) is 0 Å². The fourth-order valence-corrected chi connectivity index (χ4v) is 3.83. The molecule has 6 nitrogen and oxygen atoms in total. The molecule has 0 aliphatic heterocycles. The summed E-state index contributed by atoms with van der Waals surface area (Å²) in [5.74, 6) is 0.319. The third-order valence-electron chi connectivity index (χ3n) is 4.39. The molecule has 1 aliphatic carbocycles. The van der Waals surface area contributed by atoms with Crippen molar-refractivity contribution in [2.24, 2.45) is 0 Å². The first-order chi connectivity index (χ1) is 11.7. The van der Waals surface area contributed by atoms with Crippen molar-refractivity contribution in [2.75, 3.05) is 5.75 Å². The third kappa shape index (κ3) is 4.35. The van der Waals surface area contributed by atoms with Gasteiger partial charge in [-0.3, -0.25) is 4.79 Å². The maximum Gasteiger partial charge on any atom is 0.230 e. The maximum absolute atomic E-state index is 12.2. The molecule has 7 heteroatoms. The molecule has 1 saturated carbocycles. The highest BCUT2D eigenvalue weighted by Crippen LogP contribution is 2.30. The number of nitrogens with zero attached hydrogens (tertiary/aromatic N) is 4. The molecule has 1 fully saturated rings. The number of hydrogen-bond acceptors (Lipinski definition) is 5. The number of amides is 1. The fraction of sp³-hybridized carbons (Fsp3) is 0.529. The van der Waals surface area contributed by atoms with E-state index >= 15 is 0 Å². The molecule has 2 aromatic rings. The summed E-state index contributed by atoms with van der Waals surface area (Å²) < 4.78 is 1.90. The summed E-state index contributed by atoms with van der Waals surface area (Å²) in [6, 6.07) is 10.3. The van der Waals surface area contributed by atoms with Crippen LogP contribution in [0.5, 0.6) is 0 Å². The number of tetrazole rings is 1. The van der Waals surface area contributed by atoms with Gasteiger partial charge in [-0.1, -0.05) is 61.4 Å². The zero-order valence-electron chi connectivity index (χ0n) is 13.9. The molecule has 1 amide bonds. The molecular weight excluding hydrogens is 322 g/mol. The molecule has 1 aromatic heterocycles. The number of carbonyl (C=O) groups is 1. The van der Waals surface area contributed by atoms with Crippen LogP contribution in [-0.4, -0.2) is 31.9 Å². The number of benzene rings is 1. The monoisotopic (exact) mass is 345 g/mol. The second kappa shape index (κ2) is 8.28. The van der Waals surface area contributed by atoms with Crippen molar-refractivity contribution in [1.82, 2.24) is 25.5 Å². The number of aromatic nitrogens is 4. The van der Waals surface area contributed by atoms with Gasteiger partial charge in [0.15, 0.2) is 0 Å². The van der Waals surface area contributed by atoms with Crippen LogP contribution in [0.25, 0.3) is 0 Å². The molecular formula is C17H23N5OS. The molecule has 0 radical (unpaired) electrons. The standard InChI is InChI=1S/C17H23N5OS/c1-13(14-8-4-2-5-9-14)18-16(23)12-24-17-19-20-21-22(17)15-10-6-3-7-11-15/h2,4-5,8-9,13,15H,3,6-7,10-12H2,1H3,(H,18,23)/t13-/m1/s1. The highest BCUT2D eigenvalue weighted by Gasteiger charge is 2.21. The quantitative estimate of drug-likeness (QED) is 0.814. The predicted octanol–water partition coefficient (Wildman–Crippen LogP) is 3.15.